The van der Waals surface area contributed by atoms with Crippen molar-refractivity contribution in [3.63, 3.8) is 0 Å². The molecule has 0 spiro atoms. The van der Waals surface area contributed by atoms with Gasteiger partial charge >= 0.3 is 0 Å². The molecule has 39 heavy (non-hydrogen) atoms. The smallest absolute Gasteiger partial charge is 0.0541 e. The molecular weight excluding hydrogens is 472 g/mol. The summed E-state index contributed by atoms with van der Waals surface area (Å²) in [6.45, 7) is 6.05. The molecule has 0 aliphatic rings. The maximum absolute atomic E-state index is 3.86. The van der Waals surface area contributed by atoms with Crippen molar-refractivity contribution in [2.75, 3.05) is 0 Å². The summed E-state index contributed by atoms with van der Waals surface area (Å²) >= 11 is 0. The lowest BCUT2D eigenvalue weighted by molar-refractivity contribution is 1.10. The Balaban J connectivity index is 1.28. The van der Waals surface area contributed by atoms with E-state index in [1.54, 1.807) is 0 Å². The molecule has 0 atom stereocenters. The van der Waals surface area contributed by atoms with Crippen LogP contribution in [0.15, 0.2) is 140 Å². The minimum atomic E-state index is 1.15. The van der Waals surface area contributed by atoms with E-state index >= 15 is 0 Å². The van der Waals surface area contributed by atoms with Gasteiger partial charge in [-0.15, -0.1) is 0 Å². The molecular formula is C37H28N2. The van der Waals surface area contributed by atoms with Crippen LogP contribution in [0.4, 0.5) is 0 Å². The second-order valence-electron chi connectivity index (χ2n) is 9.92. The minimum Gasteiger partial charge on any atom is -0.310 e. The molecule has 0 aliphatic heterocycles. The van der Waals surface area contributed by atoms with Gasteiger partial charge in [0.15, 0.2) is 0 Å². The topological polar surface area (TPSA) is 9.86 Å². The fourth-order valence-electron chi connectivity index (χ4n) is 5.86. The van der Waals surface area contributed by atoms with E-state index in [1.807, 2.05) is 12.2 Å². The molecule has 7 rings (SSSR count). The van der Waals surface area contributed by atoms with Crippen molar-refractivity contribution in [3.8, 4) is 22.5 Å². The minimum absolute atomic E-state index is 1.15. The number of nitrogens with zero attached hydrogens (tertiary/aromatic N) is 2. The Morgan fingerprint density at radius 3 is 1.46 bits per heavy atom. The predicted octanol–water partition coefficient (Wildman–Crippen LogP) is 9.90. The van der Waals surface area contributed by atoms with Gasteiger partial charge in [0.05, 0.1) is 16.6 Å². The van der Waals surface area contributed by atoms with Crippen molar-refractivity contribution in [1.29, 1.82) is 0 Å². The fourth-order valence-corrected chi connectivity index (χ4v) is 5.86. The van der Waals surface area contributed by atoms with Crippen LogP contribution in [0.3, 0.4) is 0 Å². The molecule has 186 valence electrons. The van der Waals surface area contributed by atoms with Crippen molar-refractivity contribution in [3.05, 3.63) is 151 Å². The molecule has 2 aromatic heterocycles. The molecule has 0 saturated carbocycles. The number of hydrogen-bond acceptors (Lipinski definition) is 0. The predicted molar refractivity (Wildman–Crippen MR) is 167 cm³/mol. The number of para-hydroxylation sites is 3. The van der Waals surface area contributed by atoms with Crippen molar-refractivity contribution in [1.82, 2.24) is 9.13 Å². The maximum atomic E-state index is 3.86. The Kier molecular flexibility index (Phi) is 5.53. The summed E-state index contributed by atoms with van der Waals surface area (Å²) in [5.41, 5.74) is 10.8. The van der Waals surface area contributed by atoms with Crippen LogP contribution in [-0.4, -0.2) is 9.13 Å². The lowest BCUT2D eigenvalue weighted by atomic mass is 10.0. The first kappa shape index (κ1) is 23.1. The molecule has 2 nitrogen and oxygen atoms in total. The molecule has 0 fully saturated rings. The Bertz CT molecular complexity index is 1960. The third-order valence-electron chi connectivity index (χ3n) is 7.73. The monoisotopic (exact) mass is 500 g/mol. The van der Waals surface area contributed by atoms with E-state index in [-0.39, 0.29) is 0 Å². The van der Waals surface area contributed by atoms with Gasteiger partial charge in [0, 0.05) is 33.2 Å². The third-order valence-corrected chi connectivity index (χ3v) is 7.73. The Labute approximate surface area is 228 Å². The van der Waals surface area contributed by atoms with Crippen LogP contribution in [0, 0.1) is 6.92 Å². The fraction of sp³-hybridized carbons (Fsp3) is 0.0270. The zero-order valence-corrected chi connectivity index (χ0v) is 21.9. The number of allylic oxidation sites excluding steroid dienone is 2. The molecule has 2 heteroatoms. The van der Waals surface area contributed by atoms with Crippen molar-refractivity contribution < 1.29 is 0 Å². The van der Waals surface area contributed by atoms with Gasteiger partial charge in [-0.05, 0) is 72.2 Å². The lowest BCUT2D eigenvalue weighted by Crippen LogP contribution is -1.97. The number of fused-ring (bicyclic) bond motifs is 4. The second-order valence-corrected chi connectivity index (χ2v) is 9.92. The van der Waals surface area contributed by atoms with E-state index in [1.165, 1.54) is 60.8 Å². The zero-order chi connectivity index (χ0) is 26.3. The number of rotatable bonds is 5. The van der Waals surface area contributed by atoms with Gasteiger partial charge in [0.25, 0.3) is 0 Å². The largest absolute Gasteiger partial charge is 0.310 e. The van der Waals surface area contributed by atoms with Gasteiger partial charge < -0.3 is 9.13 Å². The van der Waals surface area contributed by atoms with Crippen LogP contribution in [0.2, 0.25) is 0 Å². The lowest BCUT2D eigenvalue weighted by Gasteiger charge is -2.12. The summed E-state index contributed by atoms with van der Waals surface area (Å²) in [7, 11) is 0. The van der Waals surface area contributed by atoms with Crippen molar-refractivity contribution in [2.24, 2.45) is 0 Å². The summed E-state index contributed by atoms with van der Waals surface area (Å²) in [5.74, 6) is 0. The van der Waals surface area contributed by atoms with Gasteiger partial charge in [-0.1, -0.05) is 97.6 Å². The first-order chi connectivity index (χ1) is 19.2. The average molecular weight is 501 g/mol. The second kappa shape index (κ2) is 9.34. The molecule has 0 radical (unpaired) electrons. The van der Waals surface area contributed by atoms with Crippen LogP contribution < -0.4 is 0 Å². The summed E-state index contributed by atoms with van der Waals surface area (Å²) < 4.78 is 4.69. The number of hydrogen-bond donors (Lipinski definition) is 0. The first-order valence-corrected chi connectivity index (χ1v) is 13.3. The summed E-state index contributed by atoms with van der Waals surface area (Å²) in [6, 6.07) is 43.6. The van der Waals surface area contributed by atoms with E-state index < -0.39 is 0 Å². The summed E-state index contributed by atoms with van der Waals surface area (Å²) in [4.78, 5) is 0. The summed E-state index contributed by atoms with van der Waals surface area (Å²) in [6.07, 6.45) is 5.97. The summed E-state index contributed by atoms with van der Waals surface area (Å²) in [5, 5.41) is 3.83. The molecule has 0 bridgehead atoms. The van der Waals surface area contributed by atoms with Crippen molar-refractivity contribution in [2.45, 2.75) is 6.92 Å². The van der Waals surface area contributed by atoms with Gasteiger partial charge in [-0.2, -0.15) is 0 Å². The van der Waals surface area contributed by atoms with E-state index in [4.69, 9.17) is 0 Å². The standard InChI is InChI=1S/C37H28N2/c1-3-4-14-34-26(2)31-11-5-8-15-35(31)38(34)29-22-18-27(19-23-29)28-20-24-30(25-21-28)39-36-16-9-6-12-32(36)33-13-7-10-17-37(33)39/h3-25H,1H2,2H3/b14-4-. The quantitative estimate of drug-likeness (QED) is 0.208. The highest BCUT2D eigenvalue weighted by Gasteiger charge is 2.14. The van der Waals surface area contributed by atoms with Crippen LogP contribution >= 0.6 is 0 Å². The Morgan fingerprint density at radius 1 is 0.513 bits per heavy atom. The number of aromatic nitrogens is 2. The normalized spacial score (nSPS) is 11.7. The SMILES string of the molecule is C=C/C=C\c1c(C)c2ccccc2n1-c1ccc(-c2ccc(-n3c4ccccc4c4ccccc43)cc2)cc1. The van der Waals surface area contributed by atoms with Gasteiger partial charge in [0.2, 0.25) is 0 Å². The van der Waals surface area contributed by atoms with E-state index in [0.29, 0.717) is 0 Å². The first-order valence-electron chi connectivity index (χ1n) is 13.3. The Hall–Kier alpha value is -5.08. The van der Waals surface area contributed by atoms with Gasteiger partial charge in [-0.3, -0.25) is 0 Å². The molecule has 2 heterocycles. The van der Waals surface area contributed by atoms with Crippen LogP contribution in [0.1, 0.15) is 11.3 Å². The molecule has 5 aromatic carbocycles. The highest BCUT2D eigenvalue weighted by molar-refractivity contribution is 6.09. The third kappa shape index (κ3) is 3.72. The van der Waals surface area contributed by atoms with Crippen LogP contribution in [0.5, 0.6) is 0 Å². The number of benzene rings is 5. The van der Waals surface area contributed by atoms with E-state index in [9.17, 15) is 0 Å². The van der Waals surface area contributed by atoms with Crippen LogP contribution in [-0.2, 0) is 0 Å². The average Bonchev–Trinajstić information content (AvgIpc) is 3.48. The maximum Gasteiger partial charge on any atom is 0.0541 e. The Morgan fingerprint density at radius 2 is 0.949 bits per heavy atom. The highest BCUT2D eigenvalue weighted by Crippen LogP contribution is 2.34. The van der Waals surface area contributed by atoms with E-state index in [0.717, 1.165) is 5.69 Å². The van der Waals surface area contributed by atoms with E-state index in [2.05, 4.69) is 150 Å². The molecule has 0 saturated heterocycles. The molecule has 0 unspecified atom stereocenters. The van der Waals surface area contributed by atoms with Gasteiger partial charge in [-0.25, -0.2) is 0 Å². The molecule has 7 aromatic rings. The molecule has 0 amide bonds. The van der Waals surface area contributed by atoms with Crippen molar-refractivity contribution >= 4 is 38.8 Å². The zero-order valence-electron chi connectivity index (χ0n) is 21.9. The molecule has 0 N–H and O–H groups in total. The molecule has 0 aliphatic carbocycles. The van der Waals surface area contributed by atoms with Crippen LogP contribution in [0.25, 0.3) is 61.3 Å². The highest BCUT2D eigenvalue weighted by atomic mass is 15.0. The van der Waals surface area contributed by atoms with Gasteiger partial charge in [0.1, 0.15) is 0 Å². The number of aryl methyl sites for hydroxylation is 1.